The molecule has 4 aromatic rings. The molecule has 1 amide bonds. The number of fused-ring (bicyclic) bond motifs is 6. The highest BCUT2D eigenvalue weighted by Crippen LogP contribution is 2.38. The van der Waals surface area contributed by atoms with Gasteiger partial charge in [-0.15, -0.1) is 21.5 Å². The van der Waals surface area contributed by atoms with E-state index in [-0.39, 0.29) is 11.9 Å². The zero-order valence-corrected chi connectivity index (χ0v) is 19.2. The molecule has 1 aliphatic heterocycles. The van der Waals surface area contributed by atoms with E-state index >= 15 is 0 Å². The van der Waals surface area contributed by atoms with Crippen LogP contribution in [0, 0.1) is 6.92 Å². The summed E-state index contributed by atoms with van der Waals surface area (Å²) in [6.45, 7) is 4.11. The van der Waals surface area contributed by atoms with Crippen molar-refractivity contribution in [2.45, 2.75) is 57.1 Å². The first-order valence-corrected chi connectivity index (χ1v) is 12.6. The van der Waals surface area contributed by atoms with Crippen LogP contribution in [0.1, 0.15) is 41.6 Å². The van der Waals surface area contributed by atoms with Gasteiger partial charge in [-0.25, -0.2) is 4.98 Å². The molecule has 1 unspecified atom stereocenters. The maximum Gasteiger partial charge on any atom is 0.237 e. The molecule has 0 bridgehead atoms. The van der Waals surface area contributed by atoms with Gasteiger partial charge < -0.3 is 4.90 Å². The molecule has 4 heterocycles. The first-order valence-electron chi connectivity index (χ1n) is 10.8. The van der Waals surface area contributed by atoms with E-state index in [9.17, 15) is 4.79 Å². The lowest BCUT2D eigenvalue weighted by Crippen LogP contribution is -2.37. The van der Waals surface area contributed by atoms with E-state index in [0.29, 0.717) is 5.75 Å². The van der Waals surface area contributed by atoms with Crippen molar-refractivity contribution in [3.63, 3.8) is 0 Å². The fraction of sp³-hybridized carbons (Fsp3) is 0.391. The minimum atomic E-state index is 0.110. The Morgan fingerprint density at radius 3 is 2.97 bits per heavy atom. The number of nitrogens with zero attached hydrogens (tertiary/aromatic N) is 5. The summed E-state index contributed by atoms with van der Waals surface area (Å²) in [7, 11) is 0. The minimum Gasteiger partial charge on any atom is -0.308 e. The van der Waals surface area contributed by atoms with E-state index in [4.69, 9.17) is 4.98 Å². The van der Waals surface area contributed by atoms with Crippen LogP contribution in [-0.2, 0) is 24.1 Å². The van der Waals surface area contributed by atoms with Gasteiger partial charge in [0.05, 0.1) is 11.1 Å². The molecule has 1 aliphatic carbocycles. The molecule has 31 heavy (non-hydrogen) atoms. The fourth-order valence-corrected chi connectivity index (χ4v) is 7.16. The molecule has 1 aromatic carbocycles. The molecule has 0 fully saturated rings. The van der Waals surface area contributed by atoms with Crippen molar-refractivity contribution in [3.05, 3.63) is 46.1 Å². The van der Waals surface area contributed by atoms with Crippen LogP contribution in [0.15, 0.2) is 29.4 Å². The second-order valence-corrected chi connectivity index (χ2v) is 10.5. The lowest BCUT2D eigenvalue weighted by Gasteiger charge is -2.22. The van der Waals surface area contributed by atoms with Gasteiger partial charge >= 0.3 is 0 Å². The number of hydrogen-bond donors (Lipinski definition) is 0. The van der Waals surface area contributed by atoms with Crippen LogP contribution < -0.4 is 4.90 Å². The number of benzene rings is 1. The number of anilines is 1. The zero-order chi connectivity index (χ0) is 21.1. The summed E-state index contributed by atoms with van der Waals surface area (Å²) in [5, 5.41) is 10.9. The summed E-state index contributed by atoms with van der Waals surface area (Å²) in [6.07, 6.45) is 5.61. The summed E-state index contributed by atoms with van der Waals surface area (Å²) in [6, 6.07) is 8.37. The predicted octanol–water partition coefficient (Wildman–Crippen LogP) is 4.60. The number of thiophene rings is 1. The second-order valence-electron chi connectivity index (χ2n) is 8.43. The van der Waals surface area contributed by atoms with Crippen molar-refractivity contribution in [2.24, 2.45) is 0 Å². The number of aryl methyl sites for hydroxylation is 3. The largest absolute Gasteiger partial charge is 0.308 e. The van der Waals surface area contributed by atoms with E-state index in [1.165, 1.54) is 40.6 Å². The Kier molecular flexibility index (Phi) is 4.54. The molecule has 0 saturated carbocycles. The van der Waals surface area contributed by atoms with E-state index in [0.717, 1.165) is 51.8 Å². The summed E-state index contributed by atoms with van der Waals surface area (Å²) < 4.78 is 2.03. The van der Waals surface area contributed by atoms with E-state index in [1.807, 2.05) is 34.4 Å². The third-order valence-corrected chi connectivity index (χ3v) is 8.50. The van der Waals surface area contributed by atoms with Gasteiger partial charge in [0.25, 0.3) is 0 Å². The summed E-state index contributed by atoms with van der Waals surface area (Å²) in [5.41, 5.74) is 4.57. The molecule has 158 valence electrons. The molecule has 0 saturated heterocycles. The summed E-state index contributed by atoms with van der Waals surface area (Å²) in [4.78, 5) is 22.5. The molecule has 6 rings (SSSR count). The highest BCUT2D eigenvalue weighted by atomic mass is 32.2. The zero-order valence-electron chi connectivity index (χ0n) is 17.6. The Morgan fingerprint density at radius 1 is 1.23 bits per heavy atom. The first kappa shape index (κ1) is 19.3. The van der Waals surface area contributed by atoms with Crippen molar-refractivity contribution in [1.82, 2.24) is 19.6 Å². The van der Waals surface area contributed by atoms with Crippen LogP contribution in [-0.4, -0.2) is 37.3 Å². The number of carbonyl (C=O) groups excluding carboxylic acids is 1. The smallest absolute Gasteiger partial charge is 0.237 e. The van der Waals surface area contributed by atoms with Crippen molar-refractivity contribution in [1.29, 1.82) is 0 Å². The Balaban J connectivity index is 1.33. The highest BCUT2D eigenvalue weighted by molar-refractivity contribution is 7.99. The first-order chi connectivity index (χ1) is 15.1. The average Bonchev–Trinajstić information content (AvgIpc) is 3.44. The van der Waals surface area contributed by atoms with Crippen molar-refractivity contribution < 1.29 is 4.79 Å². The number of carbonyl (C=O) groups is 1. The van der Waals surface area contributed by atoms with Crippen molar-refractivity contribution in [2.75, 3.05) is 10.7 Å². The Hall–Kier alpha value is -2.45. The Morgan fingerprint density at radius 2 is 2.06 bits per heavy atom. The molecule has 1 atom stereocenters. The Bertz CT molecular complexity index is 1340. The van der Waals surface area contributed by atoms with Gasteiger partial charge in [0.1, 0.15) is 10.7 Å². The number of para-hydroxylation sites is 1. The molecule has 2 aliphatic rings. The molecular weight excluding hydrogens is 426 g/mol. The van der Waals surface area contributed by atoms with Crippen LogP contribution in [0.5, 0.6) is 0 Å². The fourth-order valence-electron chi connectivity index (χ4n) is 5.02. The Labute approximate surface area is 188 Å². The maximum atomic E-state index is 13.1. The third kappa shape index (κ3) is 2.99. The SMILES string of the molecule is Cc1nc2sc3c(c2c2nnc(SCC(=O)N4c5ccccc5CC4C)n12)CCCC3. The summed E-state index contributed by atoms with van der Waals surface area (Å²) in [5.74, 6) is 1.32. The average molecular weight is 450 g/mol. The highest BCUT2D eigenvalue weighted by Gasteiger charge is 2.31. The predicted molar refractivity (Wildman–Crippen MR) is 125 cm³/mol. The summed E-state index contributed by atoms with van der Waals surface area (Å²) >= 11 is 3.26. The number of hydrogen-bond acceptors (Lipinski definition) is 6. The van der Waals surface area contributed by atoms with Crippen molar-refractivity contribution >= 4 is 50.6 Å². The lowest BCUT2D eigenvalue weighted by atomic mass is 9.97. The normalized spacial score (nSPS) is 18.0. The number of amides is 1. The minimum absolute atomic E-state index is 0.110. The molecule has 0 N–H and O–H groups in total. The molecule has 6 nitrogen and oxygen atoms in total. The van der Waals surface area contributed by atoms with Crippen molar-refractivity contribution in [3.8, 4) is 0 Å². The van der Waals surface area contributed by atoms with Crippen LogP contribution >= 0.6 is 23.1 Å². The molecule has 0 spiro atoms. The number of aromatic nitrogens is 4. The molecular formula is C23H23N5OS2. The second kappa shape index (κ2) is 7.31. The van der Waals surface area contributed by atoms with E-state index < -0.39 is 0 Å². The van der Waals surface area contributed by atoms with Gasteiger partial charge in [0.2, 0.25) is 5.91 Å². The van der Waals surface area contributed by atoms with Crippen LogP contribution in [0.3, 0.4) is 0 Å². The monoisotopic (exact) mass is 449 g/mol. The third-order valence-electron chi connectivity index (χ3n) is 6.40. The lowest BCUT2D eigenvalue weighted by molar-refractivity contribution is -0.116. The van der Waals surface area contributed by atoms with E-state index in [2.05, 4.69) is 23.2 Å². The van der Waals surface area contributed by atoms with Crippen LogP contribution in [0.25, 0.3) is 15.9 Å². The maximum absolute atomic E-state index is 13.1. The van der Waals surface area contributed by atoms with Crippen LogP contribution in [0.2, 0.25) is 0 Å². The van der Waals surface area contributed by atoms with Gasteiger partial charge in [-0.1, -0.05) is 30.0 Å². The quantitative estimate of drug-likeness (QED) is 0.428. The number of thioether (sulfide) groups is 1. The van der Waals surface area contributed by atoms with Gasteiger partial charge in [-0.05, 0) is 63.1 Å². The van der Waals surface area contributed by atoms with Gasteiger partial charge in [0.15, 0.2) is 10.8 Å². The van der Waals surface area contributed by atoms with Gasteiger partial charge in [-0.2, -0.15) is 0 Å². The van der Waals surface area contributed by atoms with Crippen LogP contribution in [0.4, 0.5) is 5.69 Å². The topological polar surface area (TPSA) is 63.4 Å². The molecule has 3 aromatic heterocycles. The molecule has 8 heteroatoms. The van der Waals surface area contributed by atoms with E-state index in [1.54, 1.807) is 11.3 Å². The standard InChI is InChI=1S/C23H23N5OS2/c1-13-11-15-7-3-5-9-17(15)27(13)19(29)12-30-23-26-25-21-20-16-8-4-6-10-18(16)31-22(20)24-14(2)28(21)23/h3,5,7,9,13H,4,6,8,10-12H2,1-2H3. The number of rotatable bonds is 3. The van der Waals surface area contributed by atoms with Gasteiger partial charge in [-0.3, -0.25) is 9.20 Å². The van der Waals surface area contributed by atoms with Gasteiger partial charge in [0, 0.05) is 16.6 Å². The molecule has 0 radical (unpaired) electrons.